The lowest BCUT2D eigenvalue weighted by Crippen LogP contribution is -2.28. The molecule has 0 spiro atoms. The SMILES string of the molecule is O=C(CCNCc1ccc(C(F)F)cc1)NC1CC1. The molecule has 3 nitrogen and oxygen atoms in total. The second-order valence-electron chi connectivity index (χ2n) is 4.81. The largest absolute Gasteiger partial charge is 0.353 e. The molecule has 0 atom stereocenters. The van der Waals surface area contributed by atoms with E-state index in [4.69, 9.17) is 0 Å². The third-order valence-electron chi connectivity index (χ3n) is 3.03. The van der Waals surface area contributed by atoms with Crippen molar-refractivity contribution in [1.29, 1.82) is 0 Å². The number of rotatable bonds is 7. The lowest BCUT2D eigenvalue weighted by atomic mass is 10.1. The molecule has 0 unspecified atom stereocenters. The van der Waals surface area contributed by atoms with Crippen molar-refractivity contribution in [3.8, 4) is 0 Å². The van der Waals surface area contributed by atoms with Crippen molar-refractivity contribution in [3.05, 3.63) is 35.4 Å². The summed E-state index contributed by atoms with van der Waals surface area (Å²) in [6.45, 7) is 1.18. The fourth-order valence-electron chi connectivity index (χ4n) is 1.74. The minimum absolute atomic E-state index is 0.0348. The van der Waals surface area contributed by atoms with Crippen LogP contribution in [-0.2, 0) is 11.3 Å². The normalized spacial score (nSPS) is 14.7. The monoisotopic (exact) mass is 268 g/mol. The first-order valence-corrected chi connectivity index (χ1v) is 6.52. The molecule has 1 aromatic rings. The predicted octanol–water partition coefficient (Wildman–Crippen LogP) is 2.38. The Morgan fingerprint density at radius 3 is 2.53 bits per heavy atom. The molecular formula is C14H18F2N2O. The average Bonchev–Trinajstić information content (AvgIpc) is 3.19. The van der Waals surface area contributed by atoms with Gasteiger partial charge in [0.15, 0.2) is 0 Å². The maximum atomic E-state index is 12.3. The molecule has 1 aromatic carbocycles. The van der Waals surface area contributed by atoms with Crippen molar-refractivity contribution < 1.29 is 13.6 Å². The van der Waals surface area contributed by atoms with Crippen LogP contribution in [0.3, 0.4) is 0 Å². The Labute approximate surface area is 111 Å². The molecule has 0 bridgehead atoms. The van der Waals surface area contributed by atoms with Gasteiger partial charge in [-0.05, 0) is 18.4 Å². The molecule has 19 heavy (non-hydrogen) atoms. The quantitative estimate of drug-likeness (QED) is 0.745. The van der Waals surface area contributed by atoms with Crippen LogP contribution in [0.2, 0.25) is 0 Å². The molecule has 1 amide bonds. The molecule has 2 N–H and O–H groups in total. The average molecular weight is 268 g/mol. The summed E-state index contributed by atoms with van der Waals surface area (Å²) in [7, 11) is 0. The number of carbonyl (C=O) groups excluding carboxylic acids is 1. The van der Waals surface area contributed by atoms with E-state index in [1.807, 2.05) is 0 Å². The summed E-state index contributed by atoms with van der Waals surface area (Å²) in [5.41, 5.74) is 0.972. The molecule has 0 heterocycles. The van der Waals surface area contributed by atoms with Crippen molar-refractivity contribution >= 4 is 5.91 Å². The number of hydrogen-bond acceptors (Lipinski definition) is 2. The number of nitrogens with one attached hydrogen (secondary N) is 2. The molecule has 1 aliphatic rings. The van der Waals surface area contributed by atoms with Gasteiger partial charge in [0.25, 0.3) is 6.43 Å². The Bertz CT molecular complexity index is 416. The number of carbonyl (C=O) groups is 1. The van der Waals surface area contributed by atoms with Crippen LogP contribution >= 0.6 is 0 Å². The molecule has 104 valence electrons. The Morgan fingerprint density at radius 1 is 1.26 bits per heavy atom. The molecule has 1 saturated carbocycles. The summed E-state index contributed by atoms with van der Waals surface area (Å²) in [6, 6.07) is 6.62. The summed E-state index contributed by atoms with van der Waals surface area (Å²) in [5, 5.41) is 6.04. The van der Waals surface area contributed by atoms with Crippen molar-refractivity contribution in [2.45, 2.75) is 38.3 Å². The van der Waals surface area contributed by atoms with E-state index in [1.165, 1.54) is 12.1 Å². The summed E-state index contributed by atoms with van der Waals surface area (Å²) in [5.74, 6) is 0.0723. The second kappa shape index (κ2) is 6.61. The maximum Gasteiger partial charge on any atom is 0.263 e. The van der Waals surface area contributed by atoms with Gasteiger partial charge in [0, 0.05) is 31.1 Å². The van der Waals surface area contributed by atoms with Gasteiger partial charge in [-0.15, -0.1) is 0 Å². The highest BCUT2D eigenvalue weighted by molar-refractivity contribution is 5.76. The summed E-state index contributed by atoms with van der Waals surface area (Å²) < 4.78 is 24.7. The van der Waals surface area contributed by atoms with Gasteiger partial charge in [-0.2, -0.15) is 0 Å². The third kappa shape index (κ3) is 4.95. The maximum absolute atomic E-state index is 12.3. The van der Waals surface area contributed by atoms with E-state index in [2.05, 4.69) is 10.6 Å². The van der Waals surface area contributed by atoms with Crippen LogP contribution in [0.25, 0.3) is 0 Å². The molecule has 0 aromatic heterocycles. The first-order chi connectivity index (χ1) is 9.15. The standard InChI is InChI=1S/C14H18F2N2O/c15-14(16)11-3-1-10(2-4-11)9-17-8-7-13(19)18-12-5-6-12/h1-4,12,14,17H,5-9H2,(H,18,19). The van der Waals surface area contributed by atoms with Gasteiger partial charge in [-0.1, -0.05) is 24.3 Å². The van der Waals surface area contributed by atoms with Crippen molar-refractivity contribution in [2.24, 2.45) is 0 Å². The molecular weight excluding hydrogens is 250 g/mol. The van der Waals surface area contributed by atoms with E-state index >= 15 is 0 Å². The Hall–Kier alpha value is -1.49. The van der Waals surface area contributed by atoms with Crippen LogP contribution in [-0.4, -0.2) is 18.5 Å². The van der Waals surface area contributed by atoms with Gasteiger partial charge >= 0.3 is 0 Å². The number of hydrogen-bond donors (Lipinski definition) is 2. The van der Waals surface area contributed by atoms with Crippen molar-refractivity contribution in [1.82, 2.24) is 10.6 Å². The zero-order chi connectivity index (χ0) is 13.7. The lowest BCUT2D eigenvalue weighted by Gasteiger charge is -2.06. The Balaban J connectivity index is 1.63. The van der Waals surface area contributed by atoms with E-state index in [-0.39, 0.29) is 11.5 Å². The van der Waals surface area contributed by atoms with E-state index in [0.29, 0.717) is 25.6 Å². The van der Waals surface area contributed by atoms with E-state index < -0.39 is 6.43 Å². The highest BCUT2D eigenvalue weighted by Gasteiger charge is 2.22. The number of amides is 1. The highest BCUT2D eigenvalue weighted by Crippen LogP contribution is 2.19. The van der Waals surface area contributed by atoms with E-state index in [9.17, 15) is 13.6 Å². The molecule has 5 heteroatoms. The van der Waals surface area contributed by atoms with Gasteiger partial charge in [-0.3, -0.25) is 4.79 Å². The van der Waals surface area contributed by atoms with Crippen LogP contribution in [0, 0.1) is 0 Å². The van der Waals surface area contributed by atoms with Crippen LogP contribution in [0.5, 0.6) is 0 Å². The second-order valence-corrected chi connectivity index (χ2v) is 4.81. The van der Waals surface area contributed by atoms with Crippen molar-refractivity contribution in [3.63, 3.8) is 0 Å². The molecule has 0 radical (unpaired) electrons. The fraction of sp³-hybridized carbons (Fsp3) is 0.500. The van der Waals surface area contributed by atoms with Gasteiger partial charge in [0.05, 0.1) is 0 Å². The number of halogens is 2. The van der Waals surface area contributed by atoms with Gasteiger partial charge < -0.3 is 10.6 Å². The summed E-state index contributed by atoms with van der Waals surface area (Å²) >= 11 is 0. The fourth-order valence-corrected chi connectivity index (χ4v) is 1.74. The zero-order valence-corrected chi connectivity index (χ0v) is 10.7. The highest BCUT2D eigenvalue weighted by atomic mass is 19.3. The number of alkyl halides is 2. The molecule has 0 saturated heterocycles. The van der Waals surface area contributed by atoms with Crippen molar-refractivity contribution in [2.75, 3.05) is 6.54 Å². The Kier molecular flexibility index (Phi) is 4.85. The minimum atomic E-state index is -2.42. The molecule has 1 fully saturated rings. The minimum Gasteiger partial charge on any atom is -0.353 e. The van der Waals surface area contributed by atoms with Crippen LogP contribution in [0.1, 0.15) is 36.8 Å². The number of benzene rings is 1. The lowest BCUT2D eigenvalue weighted by molar-refractivity contribution is -0.121. The van der Waals surface area contributed by atoms with Crippen LogP contribution < -0.4 is 10.6 Å². The van der Waals surface area contributed by atoms with Gasteiger partial charge in [0.1, 0.15) is 0 Å². The summed E-state index contributed by atoms with van der Waals surface area (Å²) in [4.78, 5) is 11.4. The van der Waals surface area contributed by atoms with Crippen LogP contribution in [0.15, 0.2) is 24.3 Å². The molecule has 1 aliphatic carbocycles. The topological polar surface area (TPSA) is 41.1 Å². The first-order valence-electron chi connectivity index (χ1n) is 6.52. The summed E-state index contributed by atoms with van der Waals surface area (Å²) in [6.07, 6.45) is 0.213. The third-order valence-corrected chi connectivity index (χ3v) is 3.03. The molecule has 2 rings (SSSR count). The first kappa shape index (κ1) is 13.9. The van der Waals surface area contributed by atoms with E-state index in [0.717, 1.165) is 18.4 Å². The van der Waals surface area contributed by atoms with E-state index in [1.54, 1.807) is 12.1 Å². The molecule has 0 aliphatic heterocycles. The van der Waals surface area contributed by atoms with Crippen LogP contribution in [0.4, 0.5) is 8.78 Å². The predicted molar refractivity (Wildman–Crippen MR) is 68.9 cm³/mol. The zero-order valence-electron chi connectivity index (χ0n) is 10.7. The Morgan fingerprint density at radius 2 is 1.95 bits per heavy atom. The smallest absolute Gasteiger partial charge is 0.263 e. The van der Waals surface area contributed by atoms with Gasteiger partial charge in [0.2, 0.25) is 5.91 Å². The van der Waals surface area contributed by atoms with Gasteiger partial charge in [-0.25, -0.2) is 8.78 Å².